The molecule has 1 heterocycles. The van der Waals surface area contributed by atoms with Gasteiger partial charge in [-0.15, -0.1) is 0 Å². The van der Waals surface area contributed by atoms with Crippen molar-refractivity contribution in [3.8, 4) is 0 Å². The Morgan fingerprint density at radius 2 is 2.06 bits per heavy atom. The van der Waals surface area contributed by atoms with E-state index in [0.29, 0.717) is 11.5 Å². The third-order valence-corrected chi connectivity index (χ3v) is 4.25. The lowest BCUT2D eigenvalue weighted by atomic mass is 9.70. The van der Waals surface area contributed by atoms with E-state index in [2.05, 4.69) is 17.6 Å². The van der Waals surface area contributed by atoms with Crippen molar-refractivity contribution in [2.24, 2.45) is 5.41 Å². The molecule has 100 valence electrons. The average Bonchev–Trinajstić information content (AvgIpc) is 2.33. The molecule has 0 bridgehead atoms. The minimum atomic E-state index is 0.514. The summed E-state index contributed by atoms with van der Waals surface area (Å²) < 4.78 is 5.88. The van der Waals surface area contributed by atoms with Gasteiger partial charge in [0.25, 0.3) is 0 Å². The zero-order chi connectivity index (χ0) is 12.0. The van der Waals surface area contributed by atoms with Crippen LogP contribution in [0.2, 0.25) is 0 Å². The lowest BCUT2D eigenvalue weighted by molar-refractivity contribution is 0.0312. The Bertz CT molecular complexity index is 210. The number of rotatable bonds is 7. The molecule has 0 amide bonds. The summed E-state index contributed by atoms with van der Waals surface area (Å²) in [6, 6.07) is 0. The maximum atomic E-state index is 5.88. The van der Waals surface area contributed by atoms with Gasteiger partial charge in [-0.25, -0.2) is 0 Å². The first-order valence-electron chi connectivity index (χ1n) is 7.32. The second-order valence-corrected chi connectivity index (χ2v) is 6.01. The first-order chi connectivity index (χ1) is 8.29. The zero-order valence-corrected chi connectivity index (χ0v) is 11.3. The summed E-state index contributed by atoms with van der Waals surface area (Å²) in [6.45, 7) is 7.88. The topological polar surface area (TPSA) is 33.3 Å². The molecule has 0 atom stereocenters. The minimum absolute atomic E-state index is 0.514. The maximum Gasteiger partial charge on any atom is 0.0599 e. The van der Waals surface area contributed by atoms with E-state index in [0.717, 1.165) is 32.7 Å². The van der Waals surface area contributed by atoms with E-state index >= 15 is 0 Å². The second-order valence-electron chi connectivity index (χ2n) is 6.01. The molecular formula is C14H28N2O. The van der Waals surface area contributed by atoms with Crippen LogP contribution in [0.25, 0.3) is 0 Å². The van der Waals surface area contributed by atoms with Crippen LogP contribution in [0, 0.1) is 5.41 Å². The molecule has 2 N–H and O–H groups in total. The van der Waals surface area contributed by atoms with Gasteiger partial charge in [0, 0.05) is 13.2 Å². The molecule has 1 saturated heterocycles. The maximum absolute atomic E-state index is 5.88. The Labute approximate surface area is 106 Å². The SMILES string of the molecule is CC1(CNCCCOC2CCNCC2)CCC1. The number of hydrogen-bond donors (Lipinski definition) is 2. The van der Waals surface area contributed by atoms with Crippen molar-refractivity contribution in [1.82, 2.24) is 10.6 Å². The minimum Gasteiger partial charge on any atom is -0.378 e. The summed E-state index contributed by atoms with van der Waals surface area (Å²) in [7, 11) is 0. The molecule has 0 unspecified atom stereocenters. The average molecular weight is 240 g/mol. The largest absolute Gasteiger partial charge is 0.378 e. The highest BCUT2D eigenvalue weighted by Crippen LogP contribution is 2.39. The molecule has 17 heavy (non-hydrogen) atoms. The lowest BCUT2D eigenvalue weighted by Crippen LogP contribution is -2.38. The summed E-state index contributed by atoms with van der Waals surface area (Å²) in [5.41, 5.74) is 0.607. The highest BCUT2D eigenvalue weighted by molar-refractivity contribution is 4.85. The van der Waals surface area contributed by atoms with Crippen molar-refractivity contribution in [2.75, 3.05) is 32.8 Å². The van der Waals surface area contributed by atoms with Crippen LogP contribution in [-0.2, 0) is 4.74 Å². The second kappa shape index (κ2) is 6.72. The third kappa shape index (κ3) is 4.57. The molecule has 2 aliphatic rings. The highest BCUT2D eigenvalue weighted by Gasteiger charge is 2.30. The molecule has 0 aromatic carbocycles. The van der Waals surface area contributed by atoms with Gasteiger partial charge >= 0.3 is 0 Å². The molecule has 2 fully saturated rings. The number of piperidine rings is 1. The van der Waals surface area contributed by atoms with Crippen LogP contribution in [0.4, 0.5) is 0 Å². The van der Waals surface area contributed by atoms with E-state index in [1.165, 1.54) is 38.6 Å². The number of ether oxygens (including phenoxy) is 1. The van der Waals surface area contributed by atoms with E-state index < -0.39 is 0 Å². The number of nitrogens with one attached hydrogen (secondary N) is 2. The molecule has 0 aromatic rings. The van der Waals surface area contributed by atoms with Crippen molar-refractivity contribution in [2.45, 2.75) is 51.6 Å². The van der Waals surface area contributed by atoms with Crippen LogP contribution in [0.1, 0.15) is 45.4 Å². The first kappa shape index (κ1) is 13.3. The van der Waals surface area contributed by atoms with Gasteiger partial charge in [-0.3, -0.25) is 0 Å². The molecule has 3 nitrogen and oxygen atoms in total. The summed E-state index contributed by atoms with van der Waals surface area (Å²) in [5.74, 6) is 0. The third-order valence-electron chi connectivity index (χ3n) is 4.25. The fourth-order valence-corrected chi connectivity index (χ4v) is 2.76. The lowest BCUT2D eigenvalue weighted by Gasteiger charge is -2.38. The Balaban J connectivity index is 1.41. The smallest absolute Gasteiger partial charge is 0.0599 e. The molecule has 0 aromatic heterocycles. The molecule has 1 saturated carbocycles. The molecule has 1 aliphatic heterocycles. The van der Waals surface area contributed by atoms with Gasteiger partial charge in [0.15, 0.2) is 0 Å². The summed E-state index contributed by atoms with van der Waals surface area (Å²) in [4.78, 5) is 0. The molecular weight excluding hydrogens is 212 g/mol. The van der Waals surface area contributed by atoms with Crippen molar-refractivity contribution in [1.29, 1.82) is 0 Å². The van der Waals surface area contributed by atoms with Crippen molar-refractivity contribution < 1.29 is 4.74 Å². The predicted molar refractivity (Wildman–Crippen MR) is 71.3 cm³/mol. The van der Waals surface area contributed by atoms with Gasteiger partial charge < -0.3 is 15.4 Å². The Hall–Kier alpha value is -0.120. The van der Waals surface area contributed by atoms with Gasteiger partial charge in [-0.05, 0) is 57.2 Å². The van der Waals surface area contributed by atoms with Crippen LogP contribution in [0.5, 0.6) is 0 Å². The van der Waals surface area contributed by atoms with E-state index in [9.17, 15) is 0 Å². The van der Waals surface area contributed by atoms with Crippen LogP contribution >= 0.6 is 0 Å². The van der Waals surface area contributed by atoms with Gasteiger partial charge in [0.1, 0.15) is 0 Å². The van der Waals surface area contributed by atoms with E-state index in [-0.39, 0.29) is 0 Å². The van der Waals surface area contributed by atoms with Crippen LogP contribution in [-0.4, -0.2) is 38.9 Å². The Morgan fingerprint density at radius 1 is 1.29 bits per heavy atom. The summed E-state index contributed by atoms with van der Waals surface area (Å²) in [6.07, 6.45) is 8.28. The van der Waals surface area contributed by atoms with Gasteiger partial charge in [0.05, 0.1) is 6.10 Å². The monoisotopic (exact) mass is 240 g/mol. The molecule has 3 heteroatoms. The standard InChI is InChI=1S/C14H28N2O/c1-14(6-2-7-14)12-16-8-3-11-17-13-4-9-15-10-5-13/h13,15-16H,2-12H2,1H3. The van der Waals surface area contributed by atoms with Crippen molar-refractivity contribution in [3.63, 3.8) is 0 Å². The number of hydrogen-bond acceptors (Lipinski definition) is 3. The highest BCUT2D eigenvalue weighted by atomic mass is 16.5. The van der Waals surface area contributed by atoms with Crippen LogP contribution in [0.15, 0.2) is 0 Å². The summed E-state index contributed by atoms with van der Waals surface area (Å²) >= 11 is 0. The van der Waals surface area contributed by atoms with E-state index in [1.54, 1.807) is 0 Å². The normalized spacial score (nSPS) is 24.5. The van der Waals surface area contributed by atoms with Gasteiger partial charge in [0.2, 0.25) is 0 Å². The predicted octanol–water partition coefficient (Wildman–Crippen LogP) is 1.92. The van der Waals surface area contributed by atoms with Crippen molar-refractivity contribution in [3.05, 3.63) is 0 Å². The molecule has 1 aliphatic carbocycles. The van der Waals surface area contributed by atoms with E-state index in [4.69, 9.17) is 4.74 Å². The quantitative estimate of drug-likeness (QED) is 0.667. The Kier molecular flexibility index (Phi) is 5.26. The fourth-order valence-electron chi connectivity index (χ4n) is 2.76. The van der Waals surface area contributed by atoms with E-state index in [1.807, 2.05) is 0 Å². The fraction of sp³-hybridized carbons (Fsp3) is 1.00. The molecule has 0 spiro atoms. The first-order valence-corrected chi connectivity index (χ1v) is 7.32. The molecule has 2 rings (SSSR count). The van der Waals surface area contributed by atoms with Gasteiger partial charge in [-0.2, -0.15) is 0 Å². The zero-order valence-electron chi connectivity index (χ0n) is 11.3. The van der Waals surface area contributed by atoms with Gasteiger partial charge in [-0.1, -0.05) is 13.3 Å². The molecule has 0 radical (unpaired) electrons. The van der Waals surface area contributed by atoms with Crippen LogP contribution in [0.3, 0.4) is 0 Å². The van der Waals surface area contributed by atoms with Crippen LogP contribution < -0.4 is 10.6 Å². The van der Waals surface area contributed by atoms with Crippen molar-refractivity contribution >= 4 is 0 Å². The summed E-state index contributed by atoms with van der Waals surface area (Å²) in [5, 5.41) is 6.94. The Morgan fingerprint density at radius 3 is 2.71 bits per heavy atom.